The lowest BCUT2D eigenvalue weighted by Crippen LogP contribution is -2.31. The molecule has 0 amide bonds. The number of ether oxygens (including phenoxy) is 4. The molecule has 0 aliphatic carbocycles. The molecule has 6 heteroatoms. The van der Waals surface area contributed by atoms with Crippen molar-refractivity contribution in [2.75, 3.05) is 27.6 Å². The van der Waals surface area contributed by atoms with Crippen LogP contribution in [0.2, 0.25) is 0 Å². The van der Waals surface area contributed by atoms with Crippen molar-refractivity contribution in [1.82, 2.24) is 4.90 Å². The molecule has 1 atom stereocenters. The highest BCUT2D eigenvalue weighted by atomic mass is 16.7. The molecule has 1 heterocycles. The van der Waals surface area contributed by atoms with Gasteiger partial charge in [0, 0.05) is 19.6 Å². The fraction of sp³-hybridized carbons (Fsp3) is 0.391. The molecule has 0 aromatic heterocycles. The molecule has 156 valence electrons. The molecule has 0 spiro atoms. The predicted molar refractivity (Wildman–Crippen MR) is 112 cm³/mol. The van der Waals surface area contributed by atoms with E-state index in [0.29, 0.717) is 37.6 Å². The Morgan fingerprint density at radius 1 is 1.03 bits per heavy atom. The zero-order valence-corrected chi connectivity index (χ0v) is 17.1. The molecular formula is C23H29NO5. The lowest BCUT2D eigenvalue weighted by molar-refractivity contribution is 0.0983. The van der Waals surface area contributed by atoms with Gasteiger partial charge in [-0.05, 0) is 48.2 Å². The summed E-state index contributed by atoms with van der Waals surface area (Å²) in [6.45, 7) is 5.89. The Hall–Kier alpha value is -2.70. The smallest absolute Gasteiger partial charge is 0.231 e. The standard InChI is InChI=1S/C23H29NO5/c1-4-5-6-19(25)15-24(13-17-7-9-20(26-2)22(11-17)27-3)14-18-8-10-21-23(12-18)29-16-28-21/h4,7-12,19,25H,1,5-6,13-16H2,2-3H3. The molecule has 2 aromatic rings. The second-order valence-electron chi connectivity index (χ2n) is 7.07. The summed E-state index contributed by atoms with van der Waals surface area (Å²) < 4.78 is 21.7. The summed E-state index contributed by atoms with van der Waals surface area (Å²) >= 11 is 0. The molecule has 1 aliphatic rings. The highest BCUT2D eigenvalue weighted by molar-refractivity contribution is 5.45. The molecule has 1 aliphatic heterocycles. The normalized spacial score (nSPS) is 13.4. The quantitative estimate of drug-likeness (QED) is 0.581. The van der Waals surface area contributed by atoms with Crippen molar-refractivity contribution in [2.45, 2.75) is 32.0 Å². The largest absolute Gasteiger partial charge is 0.493 e. The highest BCUT2D eigenvalue weighted by Crippen LogP contribution is 2.33. The summed E-state index contributed by atoms with van der Waals surface area (Å²) in [6.07, 6.45) is 2.88. The first-order chi connectivity index (χ1) is 14.1. The Labute approximate surface area is 172 Å². The van der Waals surface area contributed by atoms with Crippen LogP contribution in [0.3, 0.4) is 0 Å². The minimum atomic E-state index is -0.429. The van der Waals surface area contributed by atoms with E-state index in [1.54, 1.807) is 14.2 Å². The number of aliphatic hydroxyl groups is 1. The number of hydrogen-bond donors (Lipinski definition) is 1. The van der Waals surface area contributed by atoms with Gasteiger partial charge >= 0.3 is 0 Å². The Bertz CT molecular complexity index is 823. The van der Waals surface area contributed by atoms with Crippen LogP contribution in [-0.2, 0) is 13.1 Å². The van der Waals surface area contributed by atoms with Crippen molar-refractivity contribution in [1.29, 1.82) is 0 Å². The van der Waals surface area contributed by atoms with Gasteiger partial charge < -0.3 is 24.1 Å². The van der Waals surface area contributed by atoms with Gasteiger partial charge in [-0.15, -0.1) is 6.58 Å². The number of rotatable bonds is 11. The van der Waals surface area contributed by atoms with Crippen LogP contribution in [0.4, 0.5) is 0 Å². The summed E-state index contributed by atoms with van der Waals surface area (Å²) in [6, 6.07) is 11.9. The second-order valence-corrected chi connectivity index (χ2v) is 7.07. The van der Waals surface area contributed by atoms with Gasteiger partial charge in [0.15, 0.2) is 23.0 Å². The molecule has 1 unspecified atom stereocenters. The molecular weight excluding hydrogens is 370 g/mol. The number of hydrogen-bond acceptors (Lipinski definition) is 6. The fourth-order valence-corrected chi connectivity index (χ4v) is 3.42. The number of fused-ring (bicyclic) bond motifs is 1. The number of methoxy groups -OCH3 is 2. The van der Waals surface area contributed by atoms with Gasteiger partial charge in [-0.2, -0.15) is 0 Å². The average Bonchev–Trinajstić information content (AvgIpc) is 3.20. The zero-order chi connectivity index (χ0) is 20.6. The maximum atomic E-state index is 10.5. The van der Waals surface area contributed by atoms with Gasteiger partial charge in [-0.3, -0.25) is 4.90 Å². The Morgan fingerprint density at radius 3 is 2.45 bits per heavy atom. The third-order valence-electron chi connectivity index (χ3n) is 4.87. The van der Waals surface area contributed by atoms with Crippen LogP contribution in [0.15, 0.2) is 49.1 Å². The van der Waals surface area contributed by atoms with Crippen molar-refractivity contribution in [2.24, 2.45) is 0 Å². The molecule has 0 radical (unpaired) electrons. The van der Waals surface area contributed by atoms with Crippen molar-refractivity contribution >= 4 is 0 Å². The van der Waals surface area contributed by atoms with E-state index in [4.69, 9.17) is 18.9 Å². The molecule has 1 N–H and O–H groups in total. The van der Waals surface area contributed by atoms with Crippen LogP contribution in [-0.4, -0.2) is 43.7 Å². The highest BCUT2D eigenvalue weighted by Gasteiger charge is 2.17. The van der Waals surface area contributed by atoms with E-state index in [1.165, 1.54) is 0 Å². The average molecular weight is 399 g/mol. The first-order valence-electron chi connectivity index (χ1n) is 9.73. The van der Waals surface area contributed by atoms with Gasteiger partial charge in [0.1, 0.15) is 0 Å². The number of aliphatic hydroxyl groups excluding tert-OH is 1. The van der Waals surface area contributed by atoms with Crippen LogP contribution in [0.1, 0.15) is 24.0 Å². The van der Waals surface area contributed by atoms with E-state index in [0.717, 1.165) is 29.0 Å². The summed E-state index contributed by atoms with van der Waals surface area (Å²) in [5, 5.41) is 10.5. The van der Waals surface area contributed by atoms with Gasteiger partial charge in [-0.25, -0.2) is 0 Å². The maximum Gasteiger partial charge on any atom is 0.231 e. The summed E-state index contributed by atoms with van der Waals surface area (Å²) in [4.78, 5) is 2.21. The predicted octanol–water partition coefficient (Wildman–Crippen LogP) is 3.76. The third-order valence-corrected chi connectivity index (χ3v) is 4.87. The molecule has 0 saturated carbocycles. The molecule has 6 nitrogen and oxygen atoms in total. The first kappa shape index (κ1) is 21.0. The molecule has 29 heavy (non-hydrogen) atoms. The third kappa shape index (κ3) is 5.65. The summed E-state index contributed by atoms with van der Waals surface area (Å²) in [5.41, 5.74) is 2.19. The minimum Gasteiger partial charge on any atom is -0.493 e. The maximum absolute atomic E-state index is 10.5. The first-order valence-corrected chi connectivity index (χ1v) is 9.73. The number of nitrogens with zero attached hydrogens (tertiary/aromatic N) is 1. The van der Waals surface area contributed by atoms with E-state index in [-0.39, 0.29) is 6.79 Å². The van der Waals surface area contributed by atoms with E-state index in [1.807, 2.05) is 42.5 Å². The van der Waals surface area contributed by atoms with Crippen LogP contribution in [0, 0.1) is 0 Å². The van der Waals surface area contributed by atoms with Crippen molar-refractivity contribution in [3.8, 4) is 23.0 Å². The fourth-order valence-electron chi connectivity index (χ4n) is 3.42. The SMILES string of the molecule is C=CCCC(O)CN(Cc1ccc(OC)c(OC)c1)Cc1ccc2c(c1)OCO2. The van der Waals surface area contributed by atoms with Crippen LogP contribution < -0.4 is 18.9 Å². The van der Waals surface area contributed by atoms with Crippen LogP contribution >= 0.6 is 0 Å². The van der Waals surface area contributed by atoms with Crippen molar-refractivity contribution in [3.05, 3.63) is 60.2 Å². The lowest BCUT2D eigenvalue weighted by Gasteiger charge is -2.25. The van der Waals surface area contributed by atoms with Crippen molar-refractivity contribution in [3.63, 3.8) is 0 Å². The van der Waals surface area contributed by atoms with E-state index < -0.39 is 6.10 Å². The van der Waals surface area contributed by atoms with E-state index >= 15 is 0 Å². The van der Waals surface area contributed by atoms with Gasteiger partial charge in [0.05, 0.1) is 20.3 Å². The molecule has 3 rings (SSSR count). The number of benzene rings is 2. The van der Waals surface area contributed by atoms with Gasteiger partial charge in [-0.1, -0.05) is 18.2 Å². The Kier molecular flexibility index (Phi) is 7.38. The topological polar surface area (TPSA) is 60.4 Å². The molecule has 0 bridgehead atoms. The van der Waals surface area contributed by atoms with E-state index in [2.05, 4.69) is 11.5 Å². The van der Waals surface area contributed by atoms with E-state index in [9.17, 15) is 5.11 Å². The summed E-state index contributed by atoms with van der Waals surface area (Å²) in [5.74, 6) is 2.93. The Balaban J connectivity index is 1.76. The molecule has 0 fully saturated rings. The lowest BCUT2D eigenvalue weighted by atomic mass is 10.1. The second kappa shape index (κ2) is 10.2. The summed E-state index contributed by atoms with van der Waals surface area (Å²) in [7, 11) is 3.25. The Morgan fingerprint density at radius 2 is 1.72 bits per heavy atom. The number of allylic oxidation sites excluding steroid dienone is 1. The zero-order valence-electron chi connectivity index (χ0n) is 17.1. The molecule has 0 saturated heterocycles. The van der Waals surface area contributed by atoms with Crippen LogP contribution in [0.5, 0.6) is 23.0 Å². The van der Waals surface area contributed by atoms with Crippen molar-refractivity contribution < 1.29 is 24.1 Å². The van der Waals surface area contributed by atoms with Crippen LogP contribution in [0.25, 0.3) is 0 Å². The monoisotopic (exact) mass is 399 g/mol. The van der Waals surface area contributed by atoms with Gasteiger partial charge in [0.2, 0.25) is 6.79 Å². The molecule has 2 aromatic carbocycles. The van der Waals surface area contributed by atoms with Gasteiger partial charge in [0.25, 0.3) is 0 Å². The minimum absolute atomic E-state index is 0.258.